The van der Waals surface area contributed by atoms with Gasteiger partial charge in [-0.1, -0.05) is 18.2 Å². The number of nitrogens with zero attached hydrogens (tertiary/aromatic N) is 2. The van der Waals surface area contributed by atoms with Crippen molar-refractivity contribution in [1.29, 1.82) is 0 Å². The zero-order valence-electron chi connectivity index (χ0n) is 14.0. The number of carbonyl (C=O) groups is 1. The number of anilines is 2. The van der Waals surface area contributed by atoms with E-state index < -0.39 is 17.6 Å². The average molecular weight is 372 g/mol. The predicted molar refractivity (Wildman–Crippen MR) is 94.4 cm³/mol. The zero-order valence-corrected chi connectivity index (χ0v) is 14.0. The van der Waals surface area contributed by atoms with Crippen molar-refractivity contribution in [1.82, 2.24) is 15.3 Å². The lowest BCUT2D eigenvalue weighted by Gasteiger charge is -2.10. The van der Waals surface area contributed by atoms with Crippen molar-refractivity contribution in [2.45, 2.75) is 12.7 Å². The highest BCUT2D eigenvalue weighted by Crippen LogP contribution is 2.29. The van der Waals surface area contributed by atoms with E-state index in [0.29, 0.717) is 22.8 Å². The van der Waals surface area contributed by atoms with Crippen LogP contribution in [0, 0.1) is 0 Å². The van der Waals surface area contributed by atoms with Gasteiger partial charge in [-0.25, -0.2) is 9.97 Å². The molecule has 138 valence electrons. The van der Waals surface area contributed by atoms with Crippen molar-refractivity contribution >= 4 is 17.5 Å². The Kier molecular flexibility index (Phi) is 5.35. The molecule has 2 heterocycles. The zero-order chi connectivity index (χ0) is 19.3. The van der Waals surface area contributed by atoms with Crippen LogP contribution >= 0.6 is 0 Å². The lowest BCUT2D eigenvalue weighted by atomic mass is 10.1. The number of aromatic nitrogens is 2. The van der Waals surface area contributed by atoms with Crippen LogP contribution in [0.15, 0.2) is 67.0 Å². The van der Waals surface area contributed by atoms with Gasteiger partial charge < -0.3 is 10.6 Å². The third-order valence-corrected chi connectivity index (χ3v) is 3.65. The molecule has 0 radical (unpaired) electrons. The van der Waals surface area contributed by atoms with Gasteiger partial charge in [-0.05, 0) is 42.0 Å². The van der Waals surface area contributed by atoms with E-state index in [1.165, 1.54) is 30.5 Å². The molecular formula is C19H15F3N4O. The van der Waals surface area contributed by atoms with E-state index in [0.717, 1.165) is 12.1 Å². The van der Waals surface area contributed by atoms with Crippen molar-refractivity contribution in [3.63, 3.8) is 0 Å². The first-order chi connectivity index (χ1) is 12.9. The first kappa shape index (κ1) is 18.4. The molecule has 1 aromatic carbocycles. The second-order valence-electron chi connectivity index (χ2n) is 5.65. The van der Waals surface area contributed by atoms with Crippen LogP contribution in [0.4, 0.5) is 24.8 Å². The Morgan fingerprint density at radius 2 is 1.74 bits per heavy atom. The number of pyridine rings is 2. The number of carbonyl (C=O) groups excluding carboxylic acids is 1. The molecule has 1 amide bonds. The van der Waals surface area contributed by atoms with Crippen LogP contribution < -0.4 is 10.6 Å². The van der Waals surface area contributed by atoms with E-state index >= 15 is 0 Å². The third kappa shape index (κ3) is 5.04. The van der Waals surface area contributed by atoms with E-state index in [1.807, 2.05) is 0 Å². The van der Waals surface area contributed by atoms with E-state index in [2.05, 4.69) is 20.6 Å². The summed E-state index contributed by atoms with van der Waals surface area (Å²) in [6.45, 7) is -0.0198. The number of hydrogen-bond donors (Lipinski definition) is 2. The van der Waals surface area contributed by atoms with Gasteiger partial charge in [0.05, 0.1) is 5.56 Å². The van der Waals surface area contributed by atoms with Gasteiger partial charge in [0.1, 0.15) is 11.6 Å². The summed E-state index contributed by atoms with van der Waals surface area (Å²) in [6, 6.07) is 13.2. The molecule has 3 rings (SSSR count). The summed E-state index contributed by atoms with van der Waals surface area (Å²) in [5.74, 6) is 0.589. The van der Waals surface area contributed by atoms with Crippen LogP contribution in [-0.4, -0.2) is 15.9 Å². The van der Waals surface area contributed by atoms with Crippen molar-refractivity contribution < 1.29 is 18.0 Å². The van der Waals surface area contributed by atoms with Gasteiger partial charge in [-0.15, -0.1) is 0 Å². The summed E-state index contributed by atoms with van der Waals surface area (Å²) in [7, 11) is 0. The van der Waals surface area contributed by atoms with Crippen molar-refractivity contribution in [3.05, 3.63) is 83.7 Å². The van der Waals surface area contributed by atoms with Crippen molar-refractivity contribution in [2.75, 3.05) is 5.32 Å². The number of halogens is 3. The summed E-state index contributed by atoms with van der Waals surface area (Å²) in [5, 5.41) is 5.58. The number of rotatable bonds is 5. The average Bonchev–Trinajstić information content (AvgIpc) is 2.67. The molecule has 0 aliphatic rings. The smallest absolute Gasteiger partial charge is 0.348 e. The normalized spacial score (nSPS) is 11.1. The largest absolute Gasteiger partial charge is 0.416 e. The molecule has 5 nitrogen and oxygen atoms in total. The molecule has 3 aromatic rings. The van der Waals surface area contributed by atoms with Crippen LogP contribution in [-0.2, 0) is 12.7 Å². The van der Waals surface area contributed by atoms with Gasteiger partial charge in [-0.2, -0.15) is 13.2 Å². The standard InChI is InChI=1S/C19H15F3N4O/c20-19(21,22)15-5-3-4-13(10-15)12-25-18(27)14-7-9-24-17(11-14)26-16-6-1-2-8-23-16/h1-11H,12H2,(H,25,27)(H,23,24,26). The van der Waals surface area contributed by atoms with Gasteiger partial charge in [0.2, 0.25) is 0 Å². The molecule has 0 bridgehead atoms. The molecule has 0 aliphatic carbocycles. The highest BCUT2D eigenvalue weighted by atomic mass is 19.4. The molecule has 0 atom stereocenters. The number of alkyl halides is 3. The Morgan fingerprint density at radius 1 is 0.926 bits per heavy atom. The molecule has 27 heavy (non-hydrogen) atoms. The van der Waals surface area contributed by atoms with Crippen LogP contribution in [0.5, 0.6) is 0 Å². The Hall–Kier alpha value is -3.42. The summed E-state index contributed by atoms with van der Waals surface area (Å²) in [4.78, 5) is 20.5. The van der Waals surface area contributed by atoms with E-state index in [4.69, 9.17) is 0 Å². The minimum Gasteiger partial charge on any atom is -0.348 e. The van der Waals surface area contributed by atoms with E-state index in [1.54, 1.807) is 24.4 Å². The molecule has 0 unspecified atom stereocenters. The highest BCUT2D eigenvalue weighted by Gasteiger charge is 2.30. The molecule has 0 saturated carbocycles. The summed E-state index contributed by atoms with van der Waals surface area (Å²) in [6.07, 6.45) is -1.34. The minimum atomic E-state index is -4.42. The van der Waals surface area contributed by atoms with Crippen LogP contribution in [0.3, 0.4) is 0 Å². The summed E-state index contributed by atoms with van der Waals surface area (Å²) >= 11 is 0. The molecule has 8 heteroatoms. The lowest BCUT2D eigenvalue weighted by Crippen LogP contribution is -2.23. The van der Waals surface area contributed by atoms with Gasteiger partial charge >= 0.3 is 6.18 Å². The summed E-state index contributed by atoms with van der Waals surface area (Å²) < 4.78 is 38.2. The fourth-order valence-electron chi connectivity index (χ4n) is 2.35. The predicted octanol–water partition coefficient (Wildman–Crippen LogP) is 4.17. The Morgan fingerprint density at radius 3 is 2.48 bits per heavy atom. The van der Waals surface area contributed by atoms with Gasteiger partial charge in [0.15, 0.2) is 0 Å². The molecule has 0 saturated heterocycles. The molecular weight excluding hydrogens is 357 g/mol. The molecule has 0 fully saturated rings. The molecule has 2 aromatic heterocycles. The second kappa shape index (κ2) is 7.86. The number of nitrogens with one attached hydrogen (secondary N) is 2. The van der Waals surface area contributed by atoms with E-state index in [9.17, 15) is 18.0 Å². The Bertz CT molecular complexity index is 929. The maximum Gasteiger partial charge on any atom is 0.416 e. The van der Waals surface area contributed by atoms with E-state index in [-0.39, 0.29) is 6.54 Å². The molecule has 0 aliphatic heterocycles. The molecule has 2 N–H and O–H groups in total. The number of benzene rings is 1. The SMILES string of the molecule is O=C(NCc1cccc(C(F)(F)F)c1)c1ccnc(Nc2ccccn2)c1. The number of hydrogen-bond acceptors (Lipinski definition) is 4. The topological polar surface area (TPSA) is 66.9 Å². The van der Waals surface area contributed by atoms with Gasteiger partial charge in [-0.3, -0.25) is 4.79 Å². The fraction of sp³-hybridized carbons (Fsp3) is 0.105. The minimum absolute atomic E-state index is 0.0198. The fourth-order valence-corrected chi connectivity index (χ4v) is 2.35. The first-order valence-electron chi connectivity index (χ1n) is 8.00. The summed E-state index contributed by atoms with van der Waals surface area (Å²) in [5.41, 5.74) is -0.0607. The quantitative estimate of drug-likeness (QED) is 0.706. The van der Waals surface area contributed by atoms with Crippen molar-refractivity contribution in [3.8, 4) is 0 Å². The second-order valence-corrected chi connectivity index (χ2v) is 5.65. The maximum absolute atomic E-state index is 12.7. The van der Waals surface area contributed by atoms with Crippen LogP contribution in [0.1, 0.15) is 21.5 Å². The lowest BCUT2D eigenvalue weighted by molar-refractivity contribution is -0.137. The monoisotopic (exact) mass is 372 g/mol. The van der Waals surface area contributed by atoms with Crippen molar-refractivity contribution in [2.24, 2.45) is 0 Å². The highest BCUT2D eigenvalue weighted by molar-refractivity contribution is 5.94. The van der Waals surface area contributed by atoms with Crippen LogP contribution in [0.25, 0.3) is 0 Å². The van der Waals surface area contributed by atoms with Gasteiger partial charge in [0.25, 0.3) is 5.91 Å². The van der Waals surface area contributed by atoms with Crippen LogP contribution in [0.2, 0.25) is 0 Å². The maximum atomic E-state index is 12.7. The Labute approximate surface area is 153 Å². The number of amides is 1. The third-order valence-electron chi connectivity index (χ3n) is 3.65. The molecule has 0 spiro atoms. The first-order valence-corrected chi connectivity index (χ1v) is 8.00. The van der Waals surface area contributed by atoms with Gasteiger partial charge in [0, 0.05) is 24.5 Å². The Balaban J connectivity index is 1.66.